The fraction of sp³-hybridized carbons (Fsp3) is 0.500. The predicted molar refractivity (Wildman–Crippen MR) is 69.9 cm³/mol. The summed E-state index contributed by atoms with van der Waals surface area (Å²) in [5.41, 5.74) is 2.65. The molecule has 1 unspecified atom stereocenters. The second-order valence-electron chi connectivity index (χ2n) is 4.31. The van der Waals surface area contributed by atoms with E-state index in [1.54, 1.807) is 0 Å². The van der Waals surface area contributed by atoms with E-state index in [0.717, 1.165) is 25.0 Å². The van der Waals surface area contributed by atoms with Crippen molar-refractivity contribution in [3.63, 3.8) is 0 Å². The van der Waals surface area contributed by atoms with Crippen LogP contribution in [-0.4, -0.2) is 10.9 Å². The molecule has 1 atom stereocenters. The van der Waals surface area contributed by atoms with Crippen molar-refractivity contribution in [2.24, 2.45) is 0 Å². The molecule has 0 saturated heterocycles. The van der Waals surface area contributed by atoms with E-state index in [9.17, 15) is 4.79 Å². The topological polar surface area (TPSA) is 17.1 Å². The normalized spacial score (nSPS) is 18.4. The maximum atomic E-state index is 12.0. The molecule has 2 heteroatoms. The van der Waals surface area contributed by atoms with Gasteiger partial charge in [-0.1, -0.05) is 49.4 Å². The second kappa shape index (κ2) is 5.53. The van der Waals surface area contributed by atoms with Crippen molar-refractivity contribution >= 4 is 16.9 Å². The summed E-state index contributed by atoms with van der Waals surface area (Å²) in [4.78, 5) is 12.0. The summed E-state index contributed by atoms with van der Waals surface area (Å²) in [6.45, 7) is 2.16. The highest BCUT2D eigenvalue weighted by atomic mass is 32.2. The third-order valence-corrected chi connectivity index (χ3v) is 4.22. The summed E-state index contributed by atoms with van der Waals surface area (Å²) in [5.74, 6) is 1.15. The number of hydrogen-bond acceptors (Lipinski definition) is 2. The van der Waals surface area contributed by atoms with E-state index in [4.69, 9.17) is 0 Å². The first kappa shape index (κ1) is 11.7. The Labute approximate surface area is 102 Å². The van der Waals surface area contributed by atoms with Crippen LogP contribution in [0.25, 0.3) is 0 Å². The number of unbranched alkanes of at least 4 members (excludes halogenated alkanes) is 1. The number of benzene rings is 1. The maximum Gasteiger partial charge on any atom is 0.196 e. The molecule has 0 amide bonds. The summed E-state index contributed by atoms with van der Waals surface area (Å²) in [5, 5.41) is 0.374. The summed E-state index contributed by atoms with van der Waals surface area (Å²) in [6, 6.07) is 8.38. The van der Waals surface area contributed by atoms with Crippen LogP contribution in [0.1, 0.15) is 43.2 Å². The van der Waals surface area contributed by atoms with E-state index in [0.29, 0.717) is 5.12 Å². The third-order valence-electron chi connectivity index (χ3n) is 3.16. The Hall–Kier alpha value is -0.760. The standard InChI is InChI=1S/C14H18OS/c1-2-3-10-16-14(15)13-9-8-11-6-4-5-7-12(11)13/h4-7,13H,2-3,8-10H2,1H3. The number of fused-ring (bicyclic) bond motifs is 1. The first-order valence-electron chi connectivity index (χ1n) is 6.07. The molecule has 1 aliphatic carbocycles. The summed E-state index contributed by atoms with van der Waals surface area (Å²) >= 11 is 1.52. The minimum atomic E-state index is 0.165. The third kappa shape index (κ3) is 2.49. The van der Waals surface area contributed by atoms with Crippen LogP contribution in [0.5, 0.6) is 0 Å². The van der Waals surface area contributed by atoms with Crippen molar-refractivity contribution in [2.45, 2.75) is 38.5 Å². The number of carbonyl (C=O) groups is 1. The van der Waals surface area contributed by atoms with Crippen LogP contribution in [0.2, 0.25) is 0 Å². The Bertz CT molecular complexity index is 373. The van der Waals surface area contributed by atoms with E-state index in [1.165, 1.54) is 29.3 Å². The lowest BCUT2D eigenvalue weighted by Gasteiger charge is -2.09. The largest absolute Gasteiger partial charge is 0.287 e. The molecular weight excluding hydrogens is 216 g/mol. The molecule has 0 heterocycles. The lowest BCUT2D eigenvalue weighted by Crippen LogP contribution is -2.06. The van der Waals surface area contributed by atoms with E-state index in [2.05, 4.69) is 25.1 Å². The van der Waals surface area contributed by atoms with Gasteiger partial charge in [-0.05, 0) is 30.4 Å². The van der Waals surface area contributed by atoms with Gasteiger partial charge in [0.1, 0.15) is 0 Å². The van der Waals surface area contributed by atoms with Crippen molar-refractivity contribution in [2.75, 3.05) is 5.75 Å². The molecule has 1 aliphatic rings. The molecule has 1 nitrogen and oxygen atoms in total. The fourth-order valence-electron chi connectivity index (χ4n) is 2.22. The molecule has 0 spiro atoms. The van der Waals surface area contributed by atoms with E-state index in [1.807, 2.05) is 6.07 Å². The predicted octanol–water partition coefficient (Wildman–Crippen LogP) is 3.78. The Balaban J connectivity index is 1.99. The molecular formula is C14H18OS. The monoisotopic (exact) mass is 234 g/mol. The first-order chi connectivity index (χ1) is 7.83. The van der Waals surface area contributed by atoms with Crippen molar-refractivity contribution in [3.05, 3.63) is 35.4 Å². The number of carbonyl (C=O) groups excluding carboxylic acids is 1. The minimum absolute atomic E-state index is 0.165. The average molecular weight is 234 g/mol. The number of aryl methyl sites for hydroxylation is 1. The molecule has 1 aromatic carbocycles. The van der Waals surface area contributed by atoms with Crippen LogP contribution < -0.4 is 0 Å². The van der Waals surface area contributed by atoms with Gasteiger partial charge in [0, 0.05) is 5.75 Å². The van der Waals surface area contributed by atoms with Crippen molar-refractivity contribution < 1.29 is 4.79 Å². The van der Waals surface area contributed by atoms with E-state index >= 15 is 0 Å². The molecule has 0 N–H and O–H groups in total. The molecule has 0 radical (unpaired) electrons. The molecule has 86 valence electrons. The maximum absolute atomic E-state index is 12.0. The summed E-state index contributed by atoms with van der Waals surface area (Å²) in [6.07, 6.45) is 4.39. The molecule has 0 aliphatic heterocycles. The first-order valence-corrected chi connectivity index (χ1v) is 7.06. The lowest BCUT2D eigenvalue weighted by molar-refractivity contribution is -0.112. The van der Waals surface area contributed by atoms with Gasteiger partial charge in [0.05, 0.1) is 5.92 Å². The summed E-state index contributed by atoms with van der Waals surface area (Å²) in [7, 11) is 0. The van der Waals surface area contributed by atoms with Gasteiger partial charge in [0.2, 0.25) is 0 Å². The Morgan fingerprint density at radius 2 is 2.25 bits per heavy atom. The highest BCUT2D eigenvalue weighted by molar-refractivity contribution is 8.13. The zero-order valence-electron chi connectivity index (χ0n) is 9.74. The highest BCUT2D eigenvalue weighted by Gasteiger charge is 2.27. The highest BCUT2D eigenvalue weighted by Crippen LogP contribution is 2.36. The lowest BCUT2D eigenvalue weighted by atomic mass is 10.0. The molecule has 1 aromatic rings. The molecule has 0 bridgehead atoms. The molecule has 0 fully saturated rings. The van der Waals surface area contributed by atoms with Gasteiger partial charge in [-0.3, -0.25) is 4.79 Å². The molecule has 2 rings (SSSR count). The number of hydrogen-bond donors (Lipinski definition) is 0. The zero-order chi connectivity index (χ0) is 11.4. The smallest absolute Gasteiger partial charge is 0.196 e. The van der Waals surface area contributed by atoms with Gasteiger partial charge < -0.3 is 0 Å². The van der Waals surface area contributed by atoms with Gasteiger partial charge in [-0.15, -0.1) is 0 Å². The molecule has 0 saturated carbocycles. The van der Waals surface area contributed by atoms with Crippen LogP contribution >= 0.6 is 11.8 Å². The number of rotatable bonds is 4. The Morgan fingerprint density at radius 3 is 3.06 bits per heavy atom. The quantitative estimate of drug-likeness (QED) is 0.738. The average Bonchev–Trinajstić information content (AvgIpc) is 2.73. The zero-order valence-corrected chi connectivity index (χ0v) is 10.6. The van der Waals surface area contributed by atoms with Gasteiger partial charge in [-0.2, -0.15) is 0 Å². The van der Waals surface area contributed by atoms with Gasteiger partial charge >= 0.3 is 0 Å². The van der Waals surface area contributed by atoms with Crippen molar-refractivity contribution in [1.29, 1.82) is 0 Å². The van der Waals surface area contributed by atoms with Gasteiger partial charge in [0.25, 0.3) is 0 Å². The Kier molecular flexibility index (Phi) is 4.05. The van der Waals surface area contributed by atoms with Crippen LogP contribution in [0.4, 0.5) is 0 Å². The summed E-state index contributed by atoms with van der Waals surface area (Å²) < 4.78 is 0. The second-order valence-corrected chi connectivity index (χ2v) is 5.41. The molecule has 16 heavy (non-hydrogen) atoms. The van der Waals surface area contributed by atoms with Gasteiger partial charge in [-0.25, -0.2) is 0 Å². The van der Waals surface area contributed by atoms with Crippen LogP contribution in [0.15, 0.2) is 24.3 Å². The van der Waals surface area contributed by atoms with Crippen molar-refractivity contribution in [1.82, 2.24) is 0 Å². The van der Waals surface area contributed by atoms with Crippen LogP contribution in [0, 0.1) is 0 Å². The molecule has 0 aromatic heterocycles. The Morgan fingerprint density at radius 1 is 1.44 bits per heavy atom. The van der Waals surface area contributed by atoms with Crippen LogP contribution in [-0.2, 0) is 11.2 Å². The van der Waals surface area contributed by atoms with E-state index in [-0.39, 0.29) is 5.92 Å². The van der Waals surface area contributed by atoms with Gasteiger partial charge in [0.15, 0.2) is 5.12 Å². The SMILES string of the molecule is CCCCSC(=O)C1CCc2ccccc21. The minimum Gasteiger partial charge on any atom is -0.287 e. The fourth-order valence-corrected chi connectivity index (χ4v) is 3.30. The van der Waals surface area contributed by atoms with Crippen LogP contribution in [0.3, 0.4) is 0 Å². The number of thioether (sulfide) groups is 1. The van der Waals surface area contributed by atoms with E-state index < -0.39 is 0 Å². The van der Waals surface area contributed by atoms with Crippen molar-refractivity contribution in [3.8, 4) is 0 Å².